The average molecular weight is 415 g/mol. The third-order valence-electron chi connectivity index (χ3n) is 4.34. The van der Waals surface area contributed by atoms with Crippen molar-refractivity contribution >= 4 is 28.9 Å². The number of amides is 1. The molecule has 150 valence electrons. The molecule has 1 aliphatic rings. The minimum absolute atomic E-state index is 0.0420. The van der Waals surface area contributed by atoms with E-state index < -0.39 is 17.6 Å². The molecule has 1 fully saturated rings. The number of rotatable bonds is 4. The Labute approximate surface area is 165 Å². The van der Waals surface area contributed by atoms with Crippen molar-refractivity contribution in [2.24, 2.45) is 0 Å². The number of morpholine rings is 1. The van der Waals surface area contributed by atoms with Crippen molar-refractivity contribution in [3.05, 3.63) is 52.5 Å². The molecule has 0 bridgehead atoms. The Morgan fingerprint density at radius 1 is 1.18 bits per heavy atom. The molecule has 28 heavy (non-hydrogen) atoms. The number of anilines is 2. The monoisotopic (exact) mass is 414 g/mol. The van der Waals surface area contributed by atoms with Crippen LogP contribution >= 0.6 is 11.6 Å². The van der Waals surface area contributed by atoms with Gasteiger partial charge in [0.25, 0.3) is 5.91 Å². The number of halogens is 4. The van der Waals surface area contributed by atoms with Crippen LogP contribution in [0.3, 0.4) is 0 Å². The van der Waals surface area contributed by atoms with E-state index in [2.05, 4.69) is 5.32 Å². The molecule has 0 radical (unpaired) electrons. The van der Waals surface area contributed by atoms with E-state index in [1.54, 1.807) is 6.07 Å². The quantitative estimate of drug-likeness (QED) is 0.802. The second-order valence-electron chi connectivity index (χ2n) is 6.13. The topological polar surface area (TPSA) is 50.8 Å². The second-order valence-corrected chi connectivity index (χ2v) is 6.56. The van der Waals surface area contributed by atoms with E-state index >= 15 is 0 Å². The van der Waals surface area contributed by atoms with Crippen molar-refractivity contribution in [2.75, 3.05) is 43.6 Å². The number of hydrogen-bond acceptors (Lipinski definition) is 4. The van der Waals surface area contributed by atoms with Crippen molar-refractivity contribution in [1.82, 2.24) is 0 Å². The number of nitrogens with zero attached hydrogens (tertiary/aromatic N) is 1. The molecule has 0 atom stereocenters. The Morgan fingerprint density at radius 3 is 2.54 bits per heavy atom. The number of benzene rings is 2. The fourth-order valence-electron chi connectivity index (χ4n) is 2.94. The number of hydrogen-bond donors (Lipinski definition) is 1. The third kappa shape index (κ3) is 4.51. The molecule has 1 saturated heterocycles. The zero-order valence-corrected chi connectivity index (χ0v) is 15.7. The van der Waals surface area contributed by atoms with Gasteiger partial charge in [-0.2, -0.15) is 13.2 Å². The summed E-state index contributed by atoms with van der Waals surface area (Å²) in [6.07, 6.45) is -4.64. The van der Waals surface area contributed by atoms with Crippen LogP contribution in [-0.4, -0.2) is 39.3 Å². The van der Waals surface area contributed by atoms with Gasteiger partial charge in [-0.05, 0) is 36.4 Å². The molecule has 1 N–H and O–H groups in total. The van der Waals surface area contributed by atoms with Gasteiger partial charge in [-0.1, -0.05) is 11.6 Å². The van der Waals surface area contributed by atoms with Crippen LogP contribution in [0, 0.1) is 0 Å². The lowest BCUT2D eigenvalue weighted by molar-refractivity contribution is -0.136. The van der Waals surface area contributed by atoms with E-state index in [9.17, 15) is 18.0 Å². The first-order valence-corrected chi connectivity index (χ1v) is 8.86. The molecule has 2 aromatic carbocycles. The molecule has 0 aliphatic carbocycles. The van der Waals surface area contributed by atoms with Crippen LogP contribution < -0.4 is 15.0 Å². The van der Waals surface area contributed by atoms with Crippen LogP contribution in [-0.2, 0) is 10.9 Å². The summed E-state index contributed by atoms with van der Waals surface area (Å²) in [5, 5.41) is 2.59. The maximum Gasteiger partial charge on any atom is 0.418 e. The van der Waals surface area contributed by atoms with Gasteiger partial charge in [0.1, 0.15) is 5.75 Å². The van der Waals surface area contributed by atoms with Gasteiger partial charge in [-0.15, -0.1) is 0 Å². The van der Waals surface area contributed by atoms with Crippen LogP contribution in [0.2, 0.25) is 5.02 Å². The number of carbonyl (C=O) groups is 1. The third-order valence-corrected chi connectivity index (χ3v) is 4.57. The van der Waals surface area contributed by atoms with E-state index in [0.29, 0.717) is 32.0 Å². The molecule has 0 aromatic heterocycles. The van der Waals surface area contributed by atoms with Crippen molar-refractivity contribution in [1.29, 1.82) is 0 Å². The lowest BCUT2D eigenvalue weighted by Crippen LogP contribution is -2.36. The molecule has 3 rings (SSSR count). The fraction of sp³-hybridized carbons (Fsp3) is 0.316. The summed E-state index contributed by atoms with van der Waals surface area (Å²) in [6.45, 7) is 1.91. The highest BCUT2D eigenvalue weighted by Gasteiger charge is 2.35. The van der Waals surface area contributed by atoms with Gasteiger partial charge in [0, 0.05) is 23.8 Å². The fourth-order valence-corrected chi connectivity index (χ4v) is 3.11. The molecule has 2 aromatic rings. The molecule has 0 unspecified atom stereocenters. The second kappa shape index (κ2) is 8.28. The number of carbonyl (C=O) groups excluding carboxylic acids is 1. The van der Waals surface area contributed by atoms with Gasteiger partial charge in [0.2, 0.25) is 0 Å². The molecular formula is C19H18ClF3N2O3. The smallest absolute Gasteiger partial charge is 0.418 e. The number of alkyl halides is 3. The van der Waals surface area contributed by atoms with Crippen LogP contribution in [0.5, 0.6) is 5.75 Å². The first kappa shape index (κ1) is 20.3. The first-order valence-electron chi connectivity index (χ1n) is 8.48. The van der Waals surface area contributed by atoms with Crippen molar-refractivity contribution < 1.29 is 27.4 Å². The van der Waals surface area contributed by atoms with E-state index in [0.717, 1.165) is 6.07 Å². The SMILES string of the molecule is COc1ccc(Cl)cc1C(=O)Nc1ccc(N2CCOCC2)cc1C(F)(F)F. The Morgan fingerprint density at radius 2 is 1.89 bits per heavy atom. The van der Waals surface area contributed by atoms with Crippen LogP contribution in [0.15, 0.2) is 36.4 Å². The van der Waals surface area contributed by atoms with Crippen LogP contribution in [0.4, 0.5) is 24.5 Å². The van der Waals surface area contributed by atoms with E-state index in [1.807, 2.05) is 4.90 Å². The van der Waals surface area contributed by atoms with E-state index in [-0.39, 0.29) is 22.0 Å². The molecule has 1 aliphatic heterocycles. The summed E-state index contributed by atoms with van der Waals surface area (Å²) in [6, 6.07) is 8.17. The molecule has 5 nitrogen and oxygen atoms in total. The predicted octanol–water partition coefficient (Wildman–Crippen LogP) is 4.46. The minimum Gasteiger partial charge on any atom is -0.496 e. The van der Waals surface area contributed by atoms with Crippen LogP contribution in [0.25, 0.3) is 0 Å². The summed E-state index contributed by atoms with van der Waals surface area (Å²) in [7, 11) is 1.36. The zero-order valence-electron chi connectivity index (χ0n) is 15.0. The summed E-state index contributed by atoms with van der Waals surface area (Å²) < 4.78 is 51.2. The predicted molar refractivity (Wildman–Crippen MR) is 100 cm³/mol. The number of methoxy groups -OCH3 is 1. The largest absolute Gasteiger partial charge is 0.496 e. The molecular weight excluding hydrogens is 397 g/mol. The normalized spacial score (nSPS) is 14.7. The molecule has 0 spiro atoms. The minimum atomic E-state index is -4.64. The van der Waals surface area contributed by atoms with E-state index in [1.165, 1.54) is 31.4 Å². The number of ether oxygens (including phenoxy) is 2. The lowest BCUT2D eigenvalue weighted by Gasteiger charge is -2.29. The Kier molecular flexibility index (Phi) is 6.00. The van der Waals surface area contributed by atoms with Crippen LogP contribution in [0.1, 0.15) is 15.9 Å². The Hall–Kier alpha value is -2.45. The Bertz CT molecular complexity index is 868. The van der Waals surface area contributed by atoms with Crippen molar-refractivity contribution in [3.8, 4) is 5.75 Å². The summed E-state index contributed by atoms with van der Waals surface area (Å²) >= 11 is 5.90. The molecule has 1 heterocycles. The van der Waals surface area contributed by atoms with Crippen molar-refractivity contribution in [3.63, 3.8) is 0 Å². The highest BCUT2D eigenvalue weighted by atomic mass is 35.5. The molecule has 0 saturated carbocycles. The summed E-state index contributed by atoms with van der Waals surface area (Å²) in [5.74, 6) is -0.538. The summed E-state index contributed by atoms with van der Waals surface area (Å²) in [5.41, 5.74) is -0.795. The van der Waals surface area contributed by atoms with E-state index in [4.69, 9.17) is 21.1 Å². The van der Waals surface area contributed by atoms with Gasteiger partial charge >= 0.3 is 6.18 Å². The van der Waals surface area contributed by atoms with Gasteiger partial charge in [0.05, 0.1) is 37.1 Å². The van der Waals surface area contributed by atoms with Crippen molar-refractivity contribution in [2.45, 2.75) is 6.18 Å². The zero-order chi connectivity index (χ0) is 20.3. The standard InChI is InChI=1S/C19H18ClF3N2O3/c1-27-17-5-2-12(20)10-14(17)18(26)24-16-4-3-13(11-15(16)19(21,22)23)25-6-8-28-9-7-25/h2-5,10-11H,6-9H2,1H3,(H,24,26). The average Bonchev–Trinajstić information content (AvgIpc) is 2.68. The highest BCUT2D eigenvalue weighted by molar-refractivity contribution is 6.31. The van der Waals surface area contributed by atoms with Gasteiger partial charge < -0.3 is 19.7 Å². The van der Waals surface area contributed by atoms with Gasteiger partial charge in [-0.25, -0.2) is 0 Å². The van der Waals surface area contributed by atoms with Gasteiger partial charge in [0.15, 0.2) is 0 Å². The van der Waals surface area contributed by atoms with Gasteiger partial charge in [-0.3, -0.25) is 4.79 Å². The lowest BCUT2D eigenvalue weighted by atomic mass is 10.1. The number of nitrogens with one attached hydrogen (secondary N) is 1. The summed E-state index contributed by atoms with van der Waals surface area (Å²) in [4.78, 5) is 14.4. The molecule has 1 amide bonds. The first-order chi connectivity index (χ1) is 13.3. The maximum atomic E-state index is 13.6. The highest BCUT2D eigenvalue weighted by Crippen LogP contribution is 2.38. The Balaban J connectivity index is 1.93. The maximum absolute atomic E-state index is 13.6. The molecule has 9 heteroatoms.